The molecule has 11 nitrogen and oxygen atoms in total. The highest BCUT2D eigenvalue weighted by Crippen LogP contribution is 2.34. The van der Waals surface area contributed by atoms with Gasteiger partial charge < -0.3 is 9.47 Å². The molecule has 0 aliphatic heterocycles. The molecule has 0 amide bonds. The number of unbranched alkanes of at least 4 members (excludes halogenated alkanes) is 1. The van der Waals surface area contributed by atoms with E-state index in [0.29, 0.717) is 24.2 Å². The molecule has 1 aromatic rings. The highest BCUT2D eigenvalue weighted by atomic mass is 32.2. The van der Waals surface area contributed by atoms with E-state index < -0.39 is 41.9 Å². The van der Waals surface area contributed by atoms with E-state index in [4.69, 9.17) is 23.1 Å². The first-order valence-corrected chi connectivity index (χ1v) is 14.2. The quantitative estimate of drug-likeness (QED) is 0.232. The third-order valence-electron chi connectivity index (χ3n) is 3.97. The maximum absolute atomic E-state index is 10.9. The summed E-state index contributed by atoms with van der Waals surface area (Å²) in [6.07, 6.45) is 1.04. The van der Waals surface area contributed by atoms with E-state index in [1.165, 1.54) is 0 Å². The molecule has 0 heterocycles. The van der Waals surface area contributed by atoms with Gasteiger partial charge in [0.2, 0.25) is 0 Å². The molecule has 0 saturated heterocycles. The van der Waals surface area contributed by atoms with Crippen LogP contribution in [0.25, 0.3) is 0 Å². The molecule has 1 aromatic carbocycles. The van der Waals surface area contributed by atoms with Crippen molar-refractivity contribution in [3.05, 3.63) is 23.3 Å². The molecule has 0 aliphatic rings. The molecular formula is C17H28O11S3. The molecule has 180 valence electrons. The summed E-state index contributed by atoms with van der Waals surface area (Å²) in [6, 6.07) is 3.43. The van der Waals surface area contributed by atoms with Crippen molar-refractivity contribution in [1.29, 1.82) is 0 Å². The lowest BCUT2D eigenvalue weighted by atomic mass is 10.0. The third kappa shape index (κ3) is 13.5. The van der Waals surface area contributed by atoms with Crippen molar-refractivity contribution in [2.24, 2.45) is 0 Å². The van der Waals surface area contributed by atoms with Crippen molar-refractivity contribution in [3.63, 3.8) is 0 Å². The number of ether oxygens (including phenoxy) is 2. The Labute approximate surface area is 183 Å². The Morgan fingerprint density at radius 1 is 0.710 bits per heavy atom. The Kier molecular flexibility index (Phi) is 10.6. The van der Waals surface area contributed by atoms with Gasteiger partial charge in [-0.25, -0.2) is 0 Å². The van der Waals surface area contributed by atoms with Crippen LogP contribution in [0, 0.1) is 6.92 Å². The second-order valence-corrected chi connectivity index (χ2v) is 11.7. The van der Waals surface area contributed by atoms with E-state index >= 15 is 0 Å². The summed E-state index contributed by atoms with van der Waals surface area (Å²) < 4.78 is 103. The molecule has 0 bridgehead atoms. The van der Waals surface area contributed by atoms with Gasteiger partial charge in [0.05, 0.1) is 30.5 Å². The standard InChI is InChI=1S/C17H28O11S3/c1-14-12-15(6-2-3-9-29(18,19)20)17(28-8-5-11-31(24,25)26)16(13-14)27-7-4-10-30(21,22)23/h12-13H,2-11H2,1H3,(H,18,19,20)(H,21,22,23)(H,24,25,26). The average Bonchev–Trinajstić information content (AvgIpc) is 2.58. The Hall–Kier alpha value is -1.45. The van der Waals surface area contributed by atoms with Gasteiger partial charge >= 0.3 is 0 Å². The first-order chi connectivity index (χ1) is 14.2. The highest BCUT2D eigenvalue weighted by molar-refractivity contribution is 7.86. The monoisotopic (exact) mass is 504 g/mol. The van der Waals surface area contributed by atoms with Gasteiger partial charge in [-0.05, 0) is 56.2 Å². The number of hydrogen-bond acceptors (Lipinski definition) is 8. The second-order valence-electron chi connectivity index (χ2n) is 6.97. The fourth-order valence-corrected chi connectivity index (χ4v) is 4.24. The van der Waals surface area contributed by atoms with Crippen molar-refractivity contribution in [1.82, 2.24) is 0 Å². The fraction of sp³-hybridized carbons (Fsp3) is 0.647. The zero-order chi connectivity index (χ0) is 23.7. The van der Waals surface area contributed by atoms with Crippen LogP contribution in [-0.2, 0) is 36.8 Å². The maximum Gasteiger partial charge on any atom is 0.264 e. The minimum atomic E-state index is -4.14. The van der Waals surface area contributed by atoms with Gasteiger partial charge in [0.1, 0.15) is 0 Å². The predicted molar refractivity (Wildman–Crippen MR) is 114 cm³/mol. The zero-order valence-electron chi connectivity index (χ0n) is 17.1. The van der Waals surface area contributed by atoms with Crippen LogP contribution in [0.5, 0.6) is 11.5 Å². The van der Waals surface area contributed by atoms with Crippen LogP contribution < -0.4 is 9.47 Å². The van der Waals surface area contributed by atoms with Gasteiger partial charge in [0.15, 0.2) is 11.5 Å². The van der Waals surface area contributed by atoms with Crippen LogP contribution in [0.1, 0.15) is 36.8 Å². The summed E-state index contributed by atoms with van der Waals surface area (Å²) in [5.41, 5.74) is 1.45. The van der Waals surface area contributed by atoms with Gasteiger partial charge in [-0.3, -0.25) is 13.7 Å². The van der Waals surface area contributed by atoms with Gasteiger partial charge in [-0.15, -0.1) is 0 Å². The number of rotatable bonds is 15. The normalized spacial score (nSPS) is 12.6. The van der Waals surface area contributed by atoms with Gasteiger partial charge in [-0.1, -0.05) is 6.07 Å². The van der Waals surface area contributed by atoms with Crippen LogP contribution in [0.4, 0.5) is 0 Å². The molecule has 3 N–H and O–H groups in total. The van der Waals surface area contributed by atoms with Crippen molar-refractivity contribution < 1.29 is 48.4 Å². The SMILES string of the molecule is Cc1cc(CCCCS(=O)(=O)O)c(OCCCS(=O)(=O)O)c(OCCCS(=O)(=O)O)c1. The largest absolute Gasteiger partial charge is 0.490 e. The van der Waals surface area contributed by atoms with E-state index in [2.05, 4.69) is 0 Å². The van der Waals surface area contributed by atoms with Gasteiger partial charge in [0, 0.05) is 0 Å². The van der Waals surface area contributed by atoms with E-state index in [1.54, 1.807) is 19.1 Å². The molecule has 1 rings (SSSR count). The number of aryl methyl sites for hydroxylation is 2. The lowest BCUT2D eigenvalue weighted by molar-refractivity contribution is 0.265. The van der Waals surface area contributed by atoms with Crippen molar-refractivity contribution in [3.8, 4) is 11.5 Å². The lowest BCUT2D eigenvalue weighted by Crippen LogP contribution is -2.12. The van der Waals surface area contributed by atoms with Crippen molar-refractivity contribution >= 4 is 30.4 Å². The molecule has 0 unspecified atom stereocenters. The van der Waals surface area contributed by atoms with Crippen molar-refractivity contribution in [2.75, 3.05) is 30.5 Å². The highest BCUT2D eigenvalue weighted by Gasteiger charge is 2.15. The Bertz CT molecular complexity index is 968. The van der Waals surface area contributed by atoms with Crippen LogP contribution in [-0.4, -0.2) is 69.4 Å². The fourth-order valence-electron chi connectivity index (χ4n) is 2.71. The van der Waals surface area contributed by atoms with E-state index in [0.717, 1.165) is 5.56 Å². The maximum atomic E-state index is 10.9. The summed E-state index contributed by atoms with van der Waals surface area (Å²) in [5, 5.41) is 0. The van der Waals surface area contributed by atoms with Crippen molar-refractivity contribution in [2.45, 2.75) is 39.0 Å². The summed E-state index contributed by atoms with van der Waals surface area (Å²) in [7, 11) is -12.3. The second kappa shape index (κ2) is 12.0. The first-order valence-electron chi connectivity index (χ1n) is 9.41. The van der Waals surface area contributed by atoms with Gasteiger partial charge in [-0.2, -0.15) is 25.3 Å². The third-order valence-corrected chi connectivity index (χ3v) is 6.39. The lowest BCUT2D eigenvalue weighted by Gasteiger charge is -2.18. The molecule has 14 heteroatoms. The molecule has 0 saturated carbocycles. The Morgan fingerprint density at radius 2 is 1.19 bits per heavy atom. The minimum absolute atomic E-state index is 0.0110. The predicted octanol–water partition coefficient (Wildman–Crippen LogP) is 1.52. The summed E-state index contributed by atoms with van der Waals surface area (Å²) in [5.74, 6) is -0.784. The topological polar surface area (TPSA) is 182 Å². The molecule has 31 heavy (non-hydrogen) atoms. The molecule has 0 atom stereocenters. The summed E-state index contributed by atoms with van der Waals surface area (Å²) >= 11 is 0. The number of hydrogen-bond donors (Lipinski definition) is 3. The van der Waals surface area contributed by atoms with Crippen LogP contribution in [0.3, 0.4) is 0 Å². The van der Waals surface area contributed by atoms with E-state index in [9.17, 15) is 25.3 Å². The Morgan fingerprint density at radius 3 is 1.71 bits per heavy atom. The van der Waals surface area contributed by atoms with Crippen LogP contribution in [0.2, 0.25) is 0 Å². The molecule has 0 radical (unpaired) electrons. The summed E-state index contributed by atoms with van der Waals surface area (Å²) in [4.78, 5) is 0. The molecule has 0 fully saturated rings. The minimum Gasteiger partial charge on any atom is -0.490 e. The smallest absolute Gasteiger partial charge is 0.264 e. The van der Waals surface area contributed by atoms with Gasteiger partial charge in [0.25, 0.3) is 30.4 Å². The zero-order valence-corrected chi connectivity index (χ0v) is 19.5. The van der Waals surface area contributed by atoms with E-state index in [-0.39, 0.29) is 44.0 Å². The number of benzene rings is 1. The van der Waals surface area contributed by atoms with E-state index in [1.807, 2.05) is 0 Å². The molecule has 0 spiro atoms. The molecular weight excluding hydrogens is 476 g/mol. The average molecular weight is 505 g/mol. The summed E-state index contributed by atoms with van der Waals surface area (Å²) in [6.45, 7) is 1.70. The first kappa shape index (κ1) is 27.6. The molecule has 0 aliphatic carbocycles. The van der Waals surface area contributed by atoms with Crippen LogP contribution in [0.15, 0.2) is 12.1 Å². The molecule has 0 aromatic heterocycles. The van der Waals surface area contributed by atoms with Crippen LogP contribution >= 0.6 is 0 Å². The Balaban J connectivity index is 2.93.